The minimum atomic E-state index is -0.722. The van der Waals surface area contributed by atoms with Gasteiger partial charge in [0.25, 0.3) is 5.91 Å². The molecular weight excluding hydrogens is 420 g/mol. The van der Waals surface area contributed by atoms with E-state index in [-0.39, 0.29) is 37.1 Å². The molecule has 168 valence electrons. The van der Waals surface area contributed by atoms with Gasteiger partial charge < -0.3 is 19.5 Å². The van der Waals surface area contributed by atoms with Crippen molar-refractivity contribution in [2.45, 2.75) is 19.4 Å². The number of rotatable bonds is 5. The Morgan fingerprint density at radius 3 is 2.64 bits per heavy atom. The van der Waals surface area contributed by atoms with E-state index in [2.05, 4.69) is 11.4 Å². The van der Waals surface area contributed by atoms with Crippen LogP contribution in [0.15, 0.2) is 59.0 Å². The molecule has 0 radical (unpaired) electrons. The molecule has 2 atom stereocenters. The predicted octanol–water partition coefficient (Wildman–Crippen LogP) is 3.19. The molecule has 1 aliphatic heterocycles. The van der Waals surface area contributed by atoms with Crippen molar-refractivity contribution >= 4 is 34.4 Å². The SMILES string of the molecule is Cc1ccccc1NC(=O)C1CC(C#N)N(C(=O)CN(C)C(=O)c2cc3ccccc3o2)C1. The molecule has 4 rings (SSSR count). The lowest BCUT2D eigenvalue weighted by Crippen LogP contribution is -2.43. The summed E-state index contributed by atoms with van der Waals surface area (Å²) < 4.78 is 5.59. The summed E-state index contributed by atoms with van der Waals surface area (Å²) in [6.07, 6.45) is 0.251. The molecule has 1 N–H and O–H groups in total. The minimum Gasteiger partial charge on any atom is -0.451 e. The van der Waals surface area contributed by atoms with Crippen LogP contribution in [0.4, 0.5) is 5.69 Å². The van der Waals surface area contributed by atoms with Crippen LogP contribution in [-0.2, 0) is 9.59 Å². The Morgan fingerprint density at radius 2 is 1.91 bits per heavy atom. The molecule has 2 unspecified atom stereocenters. The summed E-state index contributed by atoms with van der Waals surface area (Å²) in [4.78, 5) is 41.1. The van der Waals surface area contributed by atoms with Crippen LogP contribution in [0.3, 0.4) is 0 Å². The highest BCUT2D eigenvalue weighted by Crippen LogP contribution is 2.26. The van der Waals surface area contributed by atoms with Crippen molar-refractivity contribution in [3.8, 4) is 6.07 Å². The quantitative estimate of drug-likeness (QED) is 0.650. The molecule has 0 aliphatic carbocycles. The fraction of sp³-hybridized carbons (Fsp3) is 0.280. The van der Waals surface area contributed by atoms with E-state index in [1.807, 2.05) is 49.4 Å². The second-order valence-corrected chi connectivity index (χ2v) is 8.24. The van der Waals surface area contributed by atoms with Gasteiger partial charge in [-0.15, -0.1) is 0 Å². The smallest absolute Gasteiger partial charge is 0.289 e. The summed E-state index contributed by atoms with van der Waals surface area (Å²) in [6.45, 7) is 1.80. The highest BCUT2D eigenvalue weighted by molar-refractivity contribution is 5.98. The second-order valence-electron chi connectivity index (χ2n) is 8.24. The third-order valence-electron chi connectivity index (χ3n) is 5.90. The first-order valence-corrected chi connectivity index (χ1v) is 10.7. The van der Waals surface area contributed by atoms with E-state index in [1.165, 1.54) is 16.8 Å². The Kier molecular flexibility index (Phi) is 6.13. The number of carbonyl (C=O) groups is 3. The van der Waals surface area contributed by atoms with Gasteiger partial charge >= 0.3 is 0 Å². The summed E-state index contributed by atoms with van der Waals surface area (Å²) in [5, 5.41) is 13.2. The number of nitriles is 1. The Morgan fingerprint density at radius 1 is 1.18 bits per heavy atom. The number of furan rings is 1. The zero-order chi connectivity index (χ0) is 23.5. The Balaban J connectivity index is 1.40. The van der Waals surface area contributed by atoms with Crippen molar-refractivity contribution in [3.05, 3.63) is 65.9 Å². The van der Waals surface area contributed by atoms with E-state index in [4.69, 9.17) is 4.42 Å². The number of hydrogen-bond acceptors (Lipinski definition) is 5. The van der Waals surface area contributed by atoms with Crippen molar-refractivity contribution in [2.75, 3.05) is 25.5 Å². The Hall–Kier alpha value is -4.12. The first-order valence-electron chi connectivity index (χ1n) is 10.7. The summed E-state index contributed by atoms with van der Waals surface area (Å²) in [5.74, 6) is -1.41. The van der Waals surface area contributed by atoms with Gasteiger partial charge in [-0.3, -0.25) is 14.4 Å². The van der Waals surface area contributed by atoms with Gasteiger partial charge in [-0.25, -0.2) is 0 Å². The molecule has 8 heteroatoms. The number of aryl methyl sites for hydroxylation is 1. The van der Waals surface area contributed by atoms with E-state index in [0.717, 1.165) is 10.9 Å². The number of amides is 3. The van der Waals surface area contributed by atoms with Crippen LogP contribution in [0.25, 0.3) is 11.0 Å². The minimum absolute atomic E-state index is 0.126. The molecule has 0 bridgehead atoms. The van der Waals surface area contributed by atoms with E-state index in [9.17, 15) is 19.6 Å². The lowest BCUT2D eigenvalue weighted by molar-refractivity contribution is -0.131. The number of likely N-dealkylation sites (N-methyl/N-ethyl adjacent to an activating group) is 1. The molecule has 1 aliphatic rings. The highest BCUT2D eigenvalue weighted by atomic mass is 16.3. The molecule has 8 nitrogen and oxygen atoms in total. The molecule has 0 saturated carbocycles. The summed E-state index contributed by atoms with van der Waals surface area (Å²) in [7, 11) is 1.51. The lowest BCUT2D eigenvalue weighted by Gasteiger charge is -2.23. The lowest BCUT2D eigenvalue weighted by atomic mass is 10.0. The average molecular weight is 444 g/mol. The fourth-order valence-corrected chi connectivity index (χ4v) is 4.01. The number of nitrogens with zero attached hydrogens (tertiary/aromatic N) is 3. The Labute approximate surface area is 191 Å². The van der Waals surface area contributed by atoms with Crippen LogP contribution in [0.1, 0.15) is 22.5 Å². The zero-order valence-electron chi connectivity index (χ0n) is 18.4. The summed E-state index contributed by atoms with van der Waals surface area (Å²) >= 11 is 0. The number of para-hydroxylation sites is 2. The van der Waals surface area contributed by atoms with Gasteiger partial charge in [0.2, 0.25) is 11.8 Å². The van der Waals surface area contributed by atoms with Gasteiger partial charge in [0.1, 0.15) is 11.6 Å². The number of nitrogens with one attached hydrogen (secondary N) is 1. The van der Waals surface area contributed by atoms with Gasteiger partial charge in [-0.2, -0.15) is 5.26 Å². The van der Waals surface area contributed by atoms with Gasteiger partial charge in [0, 0.05) is 24.7 Å². The van der Waals surface area contributed by atoms with Gasteiger partial charge in [0.05, 0.1) is 18.5 Å². The van der Waals surface area contributed by atoms with Crippen molar-refractivity contribution in [1.82, 2.24) is 9.80 Å². The number of hydrogen-bond donors (Lipinski definition) is 1. The van der Waals surface area contributed by atoms with Crippen molar-refractivity contribution in [3.63, 3.8) is 0 Å². The average Bonchev–Trinajstić information content (AvgIpc) is 3.44. The topological polar surface area (TPSA) is 107 Å². The van der Waals surface area contributed by atoms with Crippen LogP contribution in [0.2, 0.25) is 0 Å². The maximum atomic E-state index is 12.9. The zero-order valence-corrected chi connectivity index (χ0v) is 18.4. The highest BCUT2D eigenvalue weighted by Gasteiger charge is 2.39. The van der Waals surface area contributed by atoms with Crippen LogP contribution in [0, 0.1) is 24.2 Å². The maximum Gasteiger partial charge on any atom is 0.289 e. The predicted molar refractivity (Wildman–Crippen MR) is 122 cm³/mol. The first-order chi connectivity index (χ1) is 15.9. The third kappa shape index (κ3) is 4.58. The van der Waals surface area contributed by atoms with Crippen molar-refractivity contribution < 1.29 is 18.8 Å². The van der Waals surface area contributed by atoms with E-state index >= 15 is 0 Å². The van der Waals surface area contributed by atoms with Gasteiger partial charge in [-0.1, -0.05) is 36.4 Å². The van der Waals surface area contributed by atoms with Crippen molar-refractivity contribution in [1.29, 1.82) is 5.26 Å². The van der Waals surface area contributed by atoms with E-state index in [1.54, 1.807) is 12.1 Å². The molecule has 33 heavy (non-hydrogen) atoms. The normalized spacial score (nSPS) is 17.5. The molecule has 2 heterocycles. The van der Waals surface area contributed by atoms with E-state index in [0.29, 0.717) is 11.3 Å². The molecule has 3 amide bonds. The first kappa shape index (κ1) is 22.1. The number of carbonyl (C=O) groups excluding carboxylic acids is 3. The molecule has 1 fully saturated rings. The molecular formula is C25H24N4O4. The largest absolute Gasteiger partial charge is 0.451 e. The number of likely N-dealkylation sites (tertiary alicyclic amines) is 1. The monoisotopic (exact) mass is 444 g/mol. The molecule has 1 saturated heterocycles. The molecule has 1 aromatic heterocycles. The Bertz CT molecular complexity index is 1230. The third-order valence-corrected chi connectivity index (χ3v) is 5.90. The van der Waals surface area contributed by atoms with Gasteiger partial charge in [0.15, 0.2) is 5.76 Å². The van der Waals surface area contributed by atoms with Crippen LogP contribution in [-0.4, -0.2) is 53.7 Å². The van der Waals surface area contributed by atoms with E-state index < -0.39 is 17.9 Å². The standard InChI is InChI=1S/C25H24N4O4/c1-16-7-3-5-9-20(16)27-24(31)18-11-19(13-26)29(14-18)23(30)15-28(2)25(32)22-12-17-8-4-6-10-21(17)33-22/h3-10,12,18-19H,11,14-15H2,1-2H3,(H,27,31). The van der Waals surface area contributed by atoms with Gasteiger partial charge in [-0.05, 0) is 37.1 Å². The molecule has 3 aromatic rings. The van der Waals surface area contributed by atoms with Crippen LogP contribution in [0.5, 0.6) is 0 Å². The number of fused-ring (bicyclic) bond motifs is 1. The van der Waals surface area contributed by atoms with Crippen LogP contribution >= 0.6 is 0 Å². The number of anilines is 1. The molecule has 0 spiro atoms. The van der Waals surface area contributed by atoms with Crippen molar-refractivity contribution in [2.24, 2.45) is 5.92 Å². The maximum absolute atomic E-state index is 12.9. The fourth-order valence-electron chi connectivity index (χ4n) is 4.01. The second kappa shape index (κ2) is 9.17. The summed E-state index contributed by atoms with van der Waals surface area (Å²) in [6, 6.07) is 17.7. The van der Waals surface area contributed by atoms with Crippen LogP contribution < -0.4 is 5.32 Å². The summed E-state index contributed by atoms with van der Waals surface area (Å²) in [5.41, 5.74) is 2.23. The molecule has 2 aromatic carbocycles. The number of benzene rings is 2.